The molecule has 12 heteroatoms. The number of anilines is 1. The van der Waals surface area contributed by atoms with E-state index < -0.39 is 11.9 Å². The number of aromatic nitrogens is 1. The summed E-state index contributed by atoms with van der Waals surface area (Å²) in [5.74, 6) is 0.0166. The number of pyridine rings is 1. The number of methoxy groups -OCH3 is 1. The van der Waals surface area contributed by atoms with Crippen molar-refractivity contribution in [1.82, 2.24) is 20.7 Å². The second-order valence-electron chi connectivity index (χ2n) is 8.75. The van der Waals surface area contributed by atoms with Crippen LogP contribution in [0.2, 0.25) is 0 Å². The molecule has 1 aromatic carbocycles. The number of carbonyl (C=O) groups excluding carboxylic acids is 3. The van der Waals surface area contributed by atoms with Crippen molar-refractivity contribution < 1.29 is 23.5 Å². The van der Waals surface area contributed by atoms with Crippen molar-refractivity contribution in [1.29, 1.82) is 0 Å². The number of thiocarbonyl (C=S) groups is 1. The summed E-state index contributed by atoms with van der Waals surface area (Å²) in [5.41, 5.74) is 7.48. The third kappa shape index (κ3) is 5.82. The predicted molar refractivity (Wildman–Crippen MR) is 159 cm³/mol. The first-order valence-corrected chi connectivity index (χ1v) is 13.8. The van der Waals surface area contributed by atoms with E-state index in [9.17, 15) is 14.4 Å². The summed E-state index contributed by atoms with van der Waals surface area (Å²) in [7, 11) is 1.27. The standard InChI is InChI=1S/C28H29N5O5S2/c1-6-33(7-2)26(35)23-16(4)22(27(36)37-5)25(40-23)30-28(39)32-31-24(34)18-14-20(21-13-12-15(3)38-21)29-19-11-9-8-10-17(18)19/h8-14H,6-7H2,1-5H3,(H,31,34)(H2,30,32,39). The van der Waals surface area contributed by atoms with Crippen LogP contribution in [-0.4, -0.2) is 53.0 Å². The Balaban J connectivity index is 1.56. The SMILES string of the molecule is CCN(CC)C(=O)c1sc(NC(=S)NNC(=O)c2cc(-c3ccc(C)o3)nc3ccccc23)c(C(=O)OC)c1C. The van der Waals surface area contributed by atoms with Crippen LogP contribution in [0.1, 0.15) is 55.6 Å². The monoisotopic (exact) mass is 579 g/mol. The number of furan rings is 1. The molecule has 0 saturated carbocycles. The Labute approximate surface area is 240 Å². The van der Waals surface area contributed by atoms with Crippen molar-refractivity contribution in [3.05, 3.63) is 69.8 Å². The van der Waals surface area contributed by atoms with E-state index in [-0.39, 0.29) is 16.6 Å². The molecule has 40 heavy (non-hydrogen) atoms. The number of hydrogen-bond acceptors (Lipinski definition) is 8. The first kappa shape index (κ1) is 28.7. The summed E-state index contributed by atoms with van der Waals surface area (Å²) in [4.78, 5) is 45.6. The molecular formula is C28H29N5O5S2. The van der Waals surface area contributed by atoms with Gasteiger partial charge in [0.15, 0.2) is 10.9 Å². The fraction of sp³-hybridized carbons (Fsp3) is 0.250. The maximum absolute atomic E-state index is 13.3. The minimum atomic E-state index is -0.606. The van der Waals surface area contributed by atoms with Gasteiger partial charge in [0.05, 0.1) is 28.6 Å². The minimum Gasteiger partial charge on any atom is -0.465 e. The van der Waals surface area contributed by atoms with E-state index in [1.165, 1.54) is 7.11 Å². The van der Waals surface area contributed by atoms with Crippen LogP contribution < -0.4 is 16.2 Å². The molecule has 4 rings (SSSR count). The predicted octanol–water partition coefficient (Wildman–Crippen LogP) is 5.07. The number of nitrogens with zero attached hydrogens (tertiary/aromatic N) is 2. The van der Waals surface area contributed by atoms with E-state index >= 15 is 0 Å². The van der Waals surface area contributed by atoms with E-state index in [1.807, 2.05) is 45.0 Å². The number of hydrogen-bond donors (Lipinski definition) is 3. The largest absolute Gasteiger partial charge is 0.465 e. The zero-order valence-electron chi connectivity index (χ0n) is 22.7. The van der Waals surface area contributed by atoms with Crippen LogP contribution >= 0.6 is 23.6 Å². The Morgan fingerprint density at radius 3 is 2.45 bits per heavy atom. The van der Waals surface area contributed by atoms with Gasteiger partial charge in [0.2, 0.25) is 0 Å². The molecule has 0 aliphatic heterocycles. The second kappa shape index (κ2) is 12.3. The Kier molecular flexibility index (Phi) is 8.80. The van der Waals surface area contributed by atoms with Crippen molar-refractivity contribution in [2.45, 2.75) is 27.7 Å². The van der Waals surface area contributed by atoms with Crippen molar-refractivity contribution in [2.24, 2.45) is 0 Å². The molecule has 0 fully saturated rings. The average Bonchev–Trinajstić information content (AvgIpc) is 3.53. The quantitative estimate of drug-likeness (QED) is 0.156. The number of nitrogens with one attached hydrogen (secondary N) is 3. The Hall–Kier alpha value is -4.29. The lowest BCUT2D eigenvalue weighted by Gasteiger charge is -2.18. The summed E-state index contributed by atoms with van der Waals surface area (Å²) in [6, 6.07) is 12.6. The summed E-state index contributed by atoms with van der Waals surface area (Å²) in [6.45, 7) is 8.35. The fourth-order valence-corrected chi connectivity index (χ4v) is 5.57. The van der Waals surface area contributed by atoms with Gasteiger partial charge in [-0.2, -0.15) is 0 Å². The number of fused-ring (bicyclic) bond motifs is 1. The molecule has 0 radical (unpaired) electrons. The molecule has 0 aliphatic rings. The normalized spacial score (nSPS) is 10.7. The first-order valence-electron chi connectivity index (χ1n) is 12.5. The van der Waals surface area contributed by atoms with E-state index in [4.69, 9.17) is 21.4 Å². The number of thiophene rings is 1. The number of para-hydroxylation sites is 1. The number of ether oxygens (including phenoxy) is 1. The van der Waals surface area contributed by atoms with Gasteiger partial charge >= 0.3 is 5.97 Å². The van der Waals surface area contributed by atoms with Crippen LogP contribution in [0, 0.1) is 13.8 Å². The number of carbonyl (C=O) groups is 3. The van der Waals surface area contributed by atoms with Gasteiger partial charge in [-0.25, -0.2) is 9.78 Å². The fourth-order valence-electron chi connectivity index (χ4n) is 4.18. The van der Waals surface area contributed by atoms with E-state index in [0.717, 1.165) is 17.1 Å². The zero-order chi connectivity index (χ0) is 29.0. The van der Waals surface area contributed by atoms with Crippen molar-refractivity contribution in [3.8, 4) is 11.5 Å². The second-order valence-corrected chi connectivity index (χ2v) is 10.2. The van der Waals surface area contributed by atoms with Gasteiger partial charge in [0, 0.05) is 18.5 Å². The maximum atomic E-state index is 13.3. The molecule has 2 amide bonds. The molecule has 10 nitrogen and oxygen atoms in total. The molecular weight excluding hydrogens is 550 g/mol. The molecule has 0 saturated heterocycles. The highest BCUT2D eigenvalue weighted by atomic mass is 32.1. The van der Waals surface area contributed by atoms with Gasteiger partial charge in [-0.3, -0.25) is 20.4 Å². The van der Waals surface area contributed by atoms with Crippen LogP contribution in [0.25, 0.3) is 22.4 Å². The lowest BCUT2D eigenvalue weighted by molar-refractivity contribution is 0.0601. The van der Waals surface area contributed by atoms with Gasteiger partial charge in [-0.15, -0.1) is 11.3 Å². The highest BCUT2D eigenvalue weighted by molar-refractivity contribution is 7.80. The molecule has 3 heterocycles. The van der Waals surface area contributed by atoms with Crippen molar-refractivity contribution in [3.63, 3.8) is 0 Å². The summed E-state index contributed by atoms with van der Waals surface area (Å²) in [6.07, 6.45) is 0. The molecule has 0 bridgehead atoms. The average molecular weight is 580 g/mol. The third-order valence-corrected chi connectivity index (χ3v) is 7.65. The highest BCUT2D eigenvalue weighted by Gasteiger charge is 2.27. The van der Waals surface area contributed by atoms with Crippen LogP contribution in [0.4, 0.5) is 5.00 Å². The number of amides is 2. The highest BCUT2D eigenvalue weighted by Crippen LogP contribution is 2.34. The molecule has 0 spiro atoms. The number of aryl methyl sites for hydroxylation is 1. The van der Waals surface area contributed by atoms with Crippen molar-refractivity contribution >= 4 is 62.4 Å². The van der Waals surface area contributed by atoms with Crippen LogP contribution in [0.3, 0.4) is 0 Å². The van der Waals surface area contributed by atoms with Gasteiger partial charge in [0.1, 0.15) is 16.5 Å². The molecule has 208 valence electrons. The lowest BCUT2D eigenvalue weighted by Crippen LogP contribution is -2.43. The van der Waals surface area contributed by atoms with Gasteiger partial charge in [-0.05, 0) is 69.7 Å². The van der Waals surface area contributed by atoms with Gasteiger partial charge < -0.3 is 19.4 Å². The molecule has 3 aromatic heterocycles. The Morgan fingerprint density at radius 1 is 1.07 bits per heavy atom. The van der Waals surface area contributed by atoms with E-state index in [2.05, 4.69) is 21.2 Å². The van der Waals surface area contributed by atoms with Crippen LogP contribution in [0.5, 0.6) is 0 Å². The molecule has 0 unspecified atom stereocenters. The van der Waals surface area contributed by atoms with Gasteiger partial charge in [-0.1, -0.05) is 18.2 Å². The van der Waals surface area contributed by atoms with Crippen LogP contribution in [0.15, 0.2) is 46.9 Å². The Morgan fingerprint density at radius 2 is 1.80 bits per heavy atom. The smallest absolute Gasteiger partial charge is 0.341 e. The van der Waals surface area contributed by atoms with Gasteiger partial charge in [0.25, 0.3) is 11.8 Å². The number of hydrazine groups is 1. The Bertz CT molecular complexity index is 1610. The number of rotatable bonds is 7. The topological polar surface area (TPSA) is 126 Å². The lowest BCUT2D eigenvalue weighted by atomic mass is 10.1. The summed E-state index contributed by atoms with van der Waals surface area (Å²) in [5, 5.41) is 3.92. The van der Waals surface area contributed by atoms with E-state index in [0.29, 0.717) is 56.5 Å². The zero-order valence-corrected chi connectivity index (χ0v) is 24.3. The first-order chi connectivity index (χ1) is 19.2. The summed E-state index contributed by atoms with van der Waals surface area (Å²) < 4.78 is 10.7. The van der Waals surface area contributed by atoms with E-state index in [1.54, 1.807) is 30.0 Å². The maximum Gasteiger partial charge on any atom is 0.341 e. The number of benzene rings is 1. The molecule has 0 atom stereocenters. The van der Waals surface area contributed by atoms with Crippen molar-refractivity contribution in [2.75, 3.05) is 25.5 Å². The molecule has 0 aliphatic carbocycles. The third-order valence-electron chi connectivity index (χ3n) is 6.25. The molecule has 3 N–H and O–H groups in total. The molecule has 4 aromatic rings. The number of esters is 1. The van der Waals surface area contributed by atoms with Crippen LogP contribution in [-0.2, 0) is 4.74 Å². The minimum absolute atomic E-state index is 0.0156. The summed E-state index contributed by atoms with van der Waals surface area (Å²) >= 11 is 6.50.